The van der Waals surface area contributed by atoms with Crippen molar-refractivity contribution in [1.29, 1.82) is 0 Å². The summed E-state index contributed by atoms with van der Waals surface area (Å²) in [4.78, 5) is 23.7. The Kier molecular flexibility index (Phi) is 2.82. The molecule has 94 valence electrons. The van der Waals surface area contributed by atoms with E-state index in [0.717, 1.165) is 5.69 Å². The van der Waals surface area contributed by atoms with Crippen molar-refractivity contribution in [2.75, 3.05) is 0 Å². The molecule has 0 aliphatic heterocycles. The number of nitrogens with zero attached hydrogens (tertiary/aromatic N) is 1. The molecule has 0 unspecified atom stereocenters. The topological polar surface area (TPSA) is 78.2 Å². The minimum Gasteiger partial charge on any atom is -0.464 e. The van der Waals surface area contributed by atoms with Crippen LogP contribution in [-0.2, 0) is 7.05 Å². The van der Waals surface area contributed by atoms with Crippen LogP contribution < -0.4 is 11.2 Å². The highest BCUT2D eigenvalue weighted by molar-refractivity contribution is 5.95. The van der Waals surface area contributed by atoms with Crippen molar-refractivity contribution in [1.82, 2.24) is 4.57 Å². The van der Waals surface area contributed by atoms with E-state index in [2.05, 4.69) is 0 Å². The van der Waals surface area contributed by atoms with Crippen LogP contribution >= 0.6 is 0 Å². The first-order valence-corrected chi connectivity index (χ1v) is 5.49. The Morgan fingerprint density at radius 1 is 1.33 bits per heavy atom. The number of carbonyl (C=O) groups is 1. The normalized spacial score (nSPS) is 10.6. The second kappa shape index (κ2) is 4.18. The van der Waals surface area contributed by atoms with Gasteiger partial charge in [0.1, 0.15) is 11.3 Å². The molecule has 0 saturated carbocycles. The maximum atomic E-state index is 12.3. The molecular formula is C13H14N2O3. The van der Waals surface area contributed by atoms with Crippen molar-refractivity contribution >= 4 is 5.91 Å². The Morgan fingerprint density at radius 2 is 2.00 bits per heavy atom. The smallest absolute Gasteiger partial charge is 0.254 e. The average molecular weight is 246 g/mol. The number of aromatic nitrogens is 1. The Hall–Kier alpha value is -2.30. The zero-order valence-electron chi connectivity index (χ0n) is 10.5. The van der Waals surface area contributed by atoms with Gasteiger partial charge in [-0.15, -0.1) is 0 Å². The first-order valence-electron chi connectivity index (χ1n) is 5.49. The summed E-state index contributed by atoms with van der Waals surface area (Å²) in [6, 6.07) is 3.38. The molecule has 5 heteroatoms. The predicted octanol–water partition coefficient (Wildman–Crippen LogP) is 1.36. The zero-order chi connectivity index (χ0) is 13.4. The number of carbonyl (C=O) groups excluding carboxylic acids is 1. The van der Waals surface area contributed by atoms with E-state index in [-0.39, 0.29) is 11.0 Å². The summed E-state index contributed by atoms with van der Waals surface area (Å²) < 4.78 is 7.01. The van der Waals surface area contributed by atoms with Gasteiger partial charge in [0.25, 0.3) is 5.91 Å². The molecule has 0 atom stereocenters. The van der Waals surface area contributed by atoms with E-state index in [1.807, 2.05) is 0 Å². The molecule has 2 aromatic heterocycles. The van der Waals surface area contributed by atoms with Crippen LogP contribution in [0.4, 0.5) is 0 Å². The molecule has 2 heterocycles. The Balaban J connectivity index is 2.91. The van der Waals surface area contributed by atoms with Gasteiger partial charge in [0.15, 0.2) is 0 Å². The van der Waals surface area contributed by atoms with Crippen molar-refractivity contribution in [3.05, 3.63) is 45.6 Å². The summed E-state index contributed by atoms with van der Waals surface area (Å²) in [6.07, 6.45) is 1.48. The first kappa shape index (κ1) is 12.2. The Labute approximate surface area is 104 Å². The number of pyridine rings is 1. The molecule has 0 fully saturated rings. The Morgan fingerprint density at radius 3 is 2.50 bits per heavy atom. The van der Waals surface area contributed by atoms with Crippen LogP contribution in [0.25, 0.3) is 11.3 Å². The number of primary amides is 1. The molecule has 0 bridgehead atoms. The van der Waals surface area contributed by atoms with Crippen LogP contribution in [0.2, 0.25) is 0 Å². The third-order valence-electron chi connectivity index (χ3n) is 3.20. The lowest BCUT2D eigenvalue weighted by Gasteiger charge is -2.15. The Bertz CT molecular complexity index is 667. The molecule has 0 radical (unpaired) electrons. The lowest BCUT2D eigenvalue weighted by molar-refractivity contribution is 0.0998. The van der Waals surface area contributed by atoms with Gasteiger partial charge >= 0.3 is 0 Å². The summed E-state index contributed by atoms with van der Waals surface area (Å²) >= 11 is 0. The lowest BCUT2D eigenvalue weighted by Crippen LogP contribution is -2.28. The second-order valence-corrected chi connectivity index (χ2v) is 4.15. The van der Waals surface area contributed by atoms with Gasteiger partial charge in [-0.25, -0.2) is 0 Å². The standard InChI is InChI=1S/C13H14N2O3/c1-7-10(9-5-4-6-18-9)12(16)11(13(14)17)8(2)15(7)3/h4-6H,1-3H3,(H2,14,17). The van der Waals surface area contributed by atoms with Gasteiger partial charge in [-0.3, -0.25) is 9.59 Å². The molecule has 1 amide bonds. The number of hydrogen-bond acceptors (Lipinski definition) is 3. The van der Waals surface area contributed by atoms with Gasteiger partial charge in [-0.2, -0.15) is 0 Å². The molecule has 2 rings (SSSR count). The molecule has 0 spiro atoms. The minimum absolute atomic E-state index is 0.00880. The molecule has 2 N–H and O–H groups in total. The molecule has 0 aliphatic carbocycles. The van der Waals surface area contributed by atoms with Crippen molar-refractivity contribution < 1.29 is 9.21 Å². The van der Waals surface area contributed by atoms with Gasteiger partial charge < -0.3 is 14.7 Å². The molecule has 0 aromatic carbocycles. The largest absolute Gasteiger partial charge is 0.464 e. The van der Waals surface area contributed by atoms with E-state index in [4.69, 9.17) is 10.2 Å². The van der Waals surface area contributed by atoms with Crippen LogP contribution in [0.3, 0.4) is 0 Å². The van der Waals surface area contributed by atoms with Gasteiger partial charge in [0, 0.05) is 18.4 Å². The summed E-state index contributed by atoms with van der Waals surface area (Å²) in [5.74, 6) is -0.281. The third kappa shape index (κ3) is 1.64. The third-order valence-corrected chi connectivity index (χ3v) is 3.20. The average Bonchev–Trinajstić information content (AvgIpc) is 2.79. The summed E-state index contributed by atoms with van der Waals surface area (Å²) in [7, 11) is 1.78. The fourth-order valence-electron chi connectivity index (χ4n) is 2.04. The lowest BCUT2D eigenvalue weighted by atomic mass is 10.0. The molecule has 18 heavy (non-hydrogen) atoms. The summed E-state index contributed by atoms with van der Waals surface area (Å²) in [5.41, 5.74) is 6.57. The highest BCUT2D eigenvalue weighted by Gasteiger charge is 2.21. The van der Waals surface area contributed by atoms with E-state index >= 15 is 0 Å². The summed E-state index contributed by atoms with van der Waals surface area (Å²) in [5, 5.41) is 0. The number of amides is 1. The molecule has 0 aliphatic rings. The van der Waals surface area contributed by atoms with Crippen LogP contribution in [0.5, 0.6) is 0 Å². The fourth-order valence-corrected chi connectivity index (χ4v) is 2.04. The molecular weight excluding hydrogens is 232 g/mol. The number of rotatable bonds is 2. The highest BCUT2D eigenvalue weighted by atomic mass is 16.3. The first-order chi connectivity index (χ1) is 8.45. The number of furan rings is 1. The van der Waals surface area contributed by atoms with E-state index < -0.39 is 5.91 Å². The van der Waals surface area contributed by atoms with Crippen LogP contribution in [0, 0.1) is 13.8 Å². The van der Waals surface area contributed by atoms with Gasteiger partial charge in [-0.05, 0) is 26.0 Å². The van der Waals surface area contributed by atoms with E-state index in [1.54, 1.807) is 37.6 Å². The van der Waals surface area contributed by atoms with Crippen molar-refractivity contribution in [2.24, 2.45) is 12.8 Å². The van der Waals surface area contributed by atoms with Crippen LogP contribution in [0.15, 0.2) is 27.6 Å². The maximum Gasteiger partial charge on any atom is 0.254 e. The van der Waals surface area contributed by atoms with Crippen molar-refractivity contribution in [3.8, 4) is 11.3 Å². The van der Waals surface area contributed by atoms with Gasteiger partial charge in [-0.1, -0.05) is 0 Å². The second-order valence-electron chi connectivity index (χ2n) is 4.15. The van der Waals surface area contributed by atoms with Crippen molar-refractivity contribution in [3.63, 3.8) is 0 Å². The summed E-state index contributed by atoms with van der Waals surface area (Å²) in [6.45, 7) is 3.50. The quantitative estimate of drug-likeness (QED) is 0.869. The zero-order valence-corrected chi connectivity index (χ0v) is 10.5. The van der Waals surface area contributed by atoms with Crippen LogP contribution in [-0.4, -0.2) is 10.5 Å². The number of nitrogens with two attached hydrogens (primary N) is 1. The van der Waals surface area contributed by atoms with E-state index in [1.165, 1.54) is 6.26 Å². The molecule has 2 aromatic rings. The monoisotopic (exact) mass is 246 g/mol. The highest BCUT2D eigenvalue weighted by Crippen LogP contribution is 2.22. The number of hydrogen-bond donors (Lipinski definition) is 1. The van der Waals surface area contributed by atoms with E-state index in [0.29, 0.717) is 17.0 Å². The maximum absolute atomic E-state index is 12.3. The molecule has 0 saturated heterocycles. The van der Waals surface area contributed by atoms with Gasteiger partial charge in [0.05, 0.1) is 11.8 Å². The SMILES string of the molecule is Cc1c(C(N)=O)c(=O)c(-c2ccco2)c(C)n1C. The molecule has 5 nitrogen and oxygen atoms in total. The van der Waals surface area contributed by atoms with E-state index in [9.17, 15) is 9.59 Å². The fraction of sp³-hybridized carbons (Fsp3) is 0.231. The minimum atomic E-state index is -0.721. The predicted molar refractivity (Wildman–Crippen MR) is 67.4 cm³/mol. The van der Waals surface area contributed by atoms with Gasteiger partial charge in [0.2, 0.25) is 5.43 Å². The van der Waals surface area contributed by atoms with Crippen LogP contribution in [0.1, 0.15) is 21.7 Å². The van der Waals surface area contributed by atoms with Crippen molar-refractivity contribution in [2.45, 2.75) is 13.8 Å².